The van der Waals surface area contributed by atoms with Gasteiger partial charge in [-0.15, -0.1) is 0 Å². The number of halogens is 4. The summed E-state index contributed by atoms with van der Waals surface area (Å²) in [5, 5.41) is 8.93. The first-order chi connectivity index (χ1) is 9.85. The van der Waals surface area contributed by atoms with E-state index in [1.807, 2.05) is 0 Å². The van der Waals surface area contributed by atoms with Crippen molar-refractivity contribution in [1.82, 2.24) is 15.1 Å². The summed E-state index contributed by atoms with van der Waals surface area (Å²) in [7, 11) is 0. The Labute approximate surface area is 124 Å². The second kappa shape index (κ2) is 6.65. The van der Waals surface area contributed by atoms with Crippen molar-refractivity contribution in [2.45, 2.75) is 19.0 Å². The monoisotopic (exact) mass is 324 g/mol. The van der Waals surface area contributed by atoms with Gasteiger partial charge in [0, 0.05) is 6.54 Å². The first-order valence-electron chi connectivity index (χ1n) is 6.61. The molecule has 1 aromatic heterocycles. The molecule has 0 unspecified atom stereocenters. The van der Waals surface area contributed by atoms with Crippen LogP contribution in [0.5, 0.6) is 0 Å². The van der Waals surface area contributed by atoms with Crippen LogP contribution < -0.4 is 10.9 Å². The topological polar surface area (TPSA) is 61.0 Å². The number of likely N-dealkylation sites (tertiary alicyclic amines) is 1. The normalized spacial score (nSPS) is 17.9. The Hall–Kier alpha value is -1.28. The van der Waals surface area contributed by atoms with Crippen molar-refractivity contribution >= 4 is 17.3 Å². The molecule has 21 heavy (non-hydrogen) atoms. The van der Waals surface area contributed by atoms with Gasteiger partial charge >= 0.3 is 6.18 Å². The van der Waals surface area contributed by atoms with E-state index in [-0.39, 0.29) is 10.9 Å². The average Bonchev–Trinajstić information content (AvgIpc) is 2.40. The number of piperidine rings is 1. The first kappa shape index (κ1) is 16.1. The Kier molecular flexibility index (Phi) is 5.10. The Morgan fingerprint density at radius 2 is 2.10 bits per heavy atom. The van der Waals surface area contributed by atoms with Crippen LogP contribution in [-0.2, 0) is 0 Å². The summed E-state index contributed by atoms with van der Waals surface area (Å²) in [6.45, 7) is 0.558. The van der Waals surface area contributed by atoms with E-state index in [4.69, 9.17) is 11.6 Å². The minimum atomic E-state index is -4.14. The van der Waals surface area contributed by atoms with Crippen molar-refractivity contribution in [3.8, 4) is 0 Å². The third kappa shape index (κ3) is 4.89. The molecule has 2 N–H and O–H groups in total. The number of nitrogens with zero attached hydrogens (tertiary/aromatic N) is 2. The van der Waals surface area contributed by atoms with E-state index in [1.54, 1.807) is 0 Å². The van der Waals surface area contributed by atoms with Crippen LogP contribution in [0.4, 0.5) is 18.9 Å². The Balaban J connectivity index is 1.79. The third-order valence-corrected chi connectivity index (χ3v) is 3.86. The molecule has 0 aliphatic carbocycles. The van der Waals surface area contributed by atoms with Crippen molar-refractivity contribution < 1.29 is 13.2 Å². The molecular weight excluding hydrogens is 309 g/mol. The number of H-pyrrole nitrogens is 1. The zero-order chi connectivity index (χ0) is 15.5. The summed E-state index contributed by atoms with van der Waals surface area (Å²) in [6.07, 6.45) is -1.37. The van der Waals surface area contributed by atoms with Crippen molar-refractivity contribution in [3.63, 3.8) is 0 Å². The molecule has 1 fully saturated rings. The molecule has 0 bridgehead atoms. The maximum Gasteiger partial charge on any atom is 0.401 e. The van der Waals surface area contributed by atoms with E-state index in [2.05, 4.69) is 15.5 Å². The van der Waals surface area contributed by atoms with E-state index in [1.165, 1.54) is 11.1 Å². The number of hydrogen-bond donors (Lipinski definition) is 2. The summed E-state index contributed by atoms with van der Waals surface area (Å²) >= 11 is 5.83. The zero-order valence-corrected chi connectivity index (χ0v) is 12.0. The number of aromatic nitrogens is 2. The van der Waals surface area contributed by atoms with Gasteiger partial charge in [-0.3, -0.25) is 9.69 Å². The van der Waals surface area contributed by atoms with Gasteiger partial charge in [0.2, 0.25) is 0 Å². The second-order valence-electron chi connectivity index (χ2n) is 5.14. The van der Waals surface area contributed by atoms with E-state index in [0.717, 1.165) is 0 Å². The molecule has 2 rings (SSSR count). The van der Waals surface area contributed by atoms with Gasteiger partial charge in [0.05, 0.1) is 18.4 Å². The van der Waals surface area contributed by atoms with Gasteiger partial charge in [-0.1, -0.05) is 11.6 Å². The molecule has 5 nitrogen and oxygen atoms in total. The van der Waals surface area contributed by atoms with Crippen molar-refractivity contribution in [2.75, 3.05) is 31.5 Å². The van der Waals surface area contributed by atoms with Gasteiger partial charge in [0.25, 0.3) is 5.56 Å². The summed E-state index contributed by atoms with van der Waals surface area (Å²) in [5.74, 6) is 0.254. The molecule has 1 saturated heterocycles. The quantitative estimate of drug-likeness (QED) is 0.890. The lowest BCUT2D eigenvalue weighted by atomic mass is 9.97. The molecule has 1 aliphatic rings. The van der Waals surface area contributed by atoms with Crippen LogP contribution in [0.15, 0.2) is 11.0 Å². The smallest absolute Gasteiger partial charge is 0.382 e. The molecule has 0 spiro atoms. The molecule has 0 aromatic carbocycles. The lowest BCUT2D eigenvalue weighted by molar-refractivity contribution is -0.148. The molecule has 0 saturated carbocycles. The van der Waals surface area contributed by atoms with Gasteiger partial charge in [-0.2, -0.15) is 18.3 Å². The Morgan fingerprint density at radius 1 is 1.43 bits per heavy atom. The van der Waals surface area contributed by atoms with Gasteiger partial charge in [-0.25, -0.2) is 5.10 Å². The van der Waals surface area contributed by atoms with Crippen molar-refractivity contribution in [1.29, 1.82) is 0 Å². The van der Waals surface area contributed by atoms with E-state index < -0.39 is 18.3 Å². The summed E-state index contributed by atoms with van der Waals surface area (Å²) in [6, 6.07) is 0. The van der Waals surface area contributed by atoms with E-state index in [0.29, 0.717) is 38.2 Å². The molecular formula is C12H16ClF3N4O. The van der Waals surface area contributed by atoms with Crippen LogP contribution in [0.25, 0.3) is 0 Å². The number of aromatic amines is 1. The highest BCUT2D eigenvalue weighted by atomic mass is 35.5. The summed E-state index contributed by atoms with van der Waals surface area (Å²) in [4.78, 5) is 12.7. The Bertz CT molecular complexity index is 526. The predicted octanol–water partition coefficient (Wildman–Crippen LogP) is 2.11. The van der Waals surface area contributed by atoms with Crippen LogP contribution in [0.3, 0.4) is 0 Å². The SMILES string of the molecule is O=c1[nH]ncc(NCC2CCN(CC(F)(F)F)CC2)c1Cl. The maximum absolute atomic E-state index is 12.3. The first-order valence-corrected chi connectivity index (χ1v) is 6.99. The van der Waals surface area contributed by atoms with Crippen LogP contribution in [0.1, 0.15) is 12.8 Å². The second-order valence-corrected chi connectivity index (χ2v) is 5.52. The molecule has 9 heteroatoms. The number of anilines is 1. The average molecular weight is 325 g/mol. The highest BCUT2D eigenvalue weighted by Gasteiger charge is 2.32. The number of nitrogens with one attached hydrogen (secondary N) is 2. The fourth-order valence-corrected chi connectivity index (χ4v) is 2.52. The fourth-order valence-electron chi connectivity index (χ4n) is 2.36. The van der Waals surface area contributed by atoms with E-state index >= 15 is 0 Å². The van der Waals surface area contributed by atoms with Gasteiger partial charge < -0.3 is 5.32 Å². The van der Waals surface area contributed by atoms with Gasteiger partial charge in [-0.05, 0) is 31.8 Å². The van der Waals surface area contributed by atoms with Crippen molar-refractivity contribution in [2.24, 2.45) is 5.92 Å². The molecule has 0 atom stereocenters. The summed E-state index contributed by atoms with van der Waals surface area (Å²) in [5.41, 5.74) is -0.0280. The highest BCUT2D eigenvalue weighted by molar-refractivity contribution is 6.32. The largest absolute Gasteiger partial charge is 0.401 e. The Morgan fingerprint density at radius 3 is 2.71 bits per heavy atom. The fraction of sp³-hybridized carbons (Fsp3) is 0.667. The highest BCUT2D eigenvalue weighted by Crippen LogP contribution is 2.23. The molecule has 2 heterocycles. The zero-order valence-electron chi connectivity index (χ0n) is 11.2. The molecule has 1 aromatic rings. The number of alkyl halides is 3. The van der Waals surface area contributed by atoms with Crippen molar-refractivity contribution in [3.05, 3.63) is 21.6 Å². The van der Waals surface area contributed by atoms with Gasteiger partial charge in [0.15, 0.2) is 0 Å². The lowest BCUT2D eigenvalue weighted by Crippen LogP contribution is -2.41. The van der Waals surface area contributed by atoms with E-state index in [9.17, 15) is 18.0 Å². The number of hydrogen-bond acceptors (Lipinski definition) is 4. The molecule has 1 aliphatic heterocycles. The third-order valence-electron chi connectivity index (χ3n) is 3.49. The minimum absolute atomic E-state index is 0.0412. The molecule has 118 valence electrons. The van der Waals surface area contributed by atoms with Crippen LogP contribution >= 0.6 is 11.6 Å². The van der Waals surface area contributed by atoms with Crippen LogP contribution in [0.2, 0.25) is 5.02 Å². The van der Waals surface area contributed by atoms with Crippen LogP contribution in [-0.4, -0.2) is 47.5 Å². The number of rotatable bonds is 4. The minimum Gasteiger partial charge on any atom is -0.382 e. The molecule has 0 amide bonds. The standard InChI is InChI=1S/C12H16ClF3N4O/c13-10-9(6-18-19-11(10)21)17-5-8-1-3-20(4-2-8)7-12(14,15)16/h6,8H,1-5,7H2,(H2,17,19,21). The van der Waals surface area contributed by atoms with Crippen LogP contribution in [0, 0.1) is 5.92 Å². The van der Waals surface area contributed by atoms with Gasteiger partial charge in [0.1, 0.15) is 5.02 Å². The predicted molar refractivity (Wildman–Crippen MR) is 73.6 cm³/mol. The lowest BCUT2D eigenvalue weighted by Gasteiger charge is -2.32. The summed E-state index contributed by atoms with van der Waals surface area (Å²) < 4.78 is 36.8. The maximum atomic E-state index is 12.3. The molecule has 0 radical (unpaired) electrons.